The number of carbonyl (C=O) groups is 1. The van der Waals surface area contributed by atoms with E-state index in [2.05, 4.69) is 0 Å². The van der Waals surface area contributed by atoms with E-state index in [4.69, 9.17) is 32.6 Å². The van der Waals surface area contributed by atoms with Crippen LogP contribution in [0.25, 0.3) is 0 Å². The molecule has 35 heavy (non-hydrogen) atoms. The van der Waals surface area contributed by atoms with Crippen molar-refractivity contribution >= 4 is 16.3 Å². The summed E-state index contributed by atoms with van der Waals surface area (Å²) in [6, 6.07) is 16.2. The van der Waals surface area contributed by atoms with Crippen molar-refractivity contribution < 1.29 is 37.4 Å². The number of carbonyl (C=O) groups excluding carboxylic acids is 1. The monoisotopic (exact) mass is 502 g/mol. The van der Waals surface area contributed by atoms with E-state index in [-0.39, 0.29) is 0 Å². The highest BCUT2D eigenvalue weighted by atomic mass is 32.3. The fourth-order valence-corrected chi connectivity index (χ4v) is 6.72. The van der Waals surface area contributed by atoms with Gasteiger partial charge in [0, 0.05) is 39.8 Å². The van der Waals surface area contributed by atoms with Gasteiger partial charge in [-0.15, -0.1) is 0 Å². The maximum atomic E-state index is 12.7. The van der Waals surface area contributed by atoms with Gasteiger partial charge in [0.05, 0.1) is 42.7 Å². The van der Waals surface area contributed by atoms with Gasteiger partial charge in [0.15, 0.2) is 0 Å². The van der Waals surface area contributed by atoms with Crippen LogP contribution in [-0.4, -0.2) is 48.6 Å². The molecule has 9 heteroatoms. The summed E-state index contributed by atoms with van der Waals surface area (Å²) in [4.78, 5) is 14.7. The van der Waals surface area contributed by atoms with Gasteiger partial charge in [-0.05, 0) is 46.7 Å². The first kappa shape index (κ1) is 25.9. The van der Waals surface area contributed by atoms with E-state index >= 15 is 0 Å². The number of rotatable bonds is 10. The second kappa shape index (κ2) is 11.1. The van der Waals surface area contributed by atoms with Crippen LogP contribution in [0.5, 0.6) is 34.5 Å². The third-order valence-electron chi connectivity index (χ3n) is 5.21. The molecule has 0 N–H and O–H groups in total. The van der Waals surface area contributed by atoms with Crippen LogP contribution in [0, 0.1) is 0 Å². The number of hydrogen-bond acceptors (Lipinski definition) is 8. The van der Waals surface area contributed by atoms with E-state index in [1.807, 2.05) is 36.4 Å². The Labute approximate surface area is 207 Å². The summed E-state index contributed by atoms with van der Waals surface area (Å²) < 4.78 is 39.6. The maximum Gasteiger partial charge on any atom is 0.313 e. The molecule has 0 aliphatic heterocycles. The molecule has 3 aromatic rings. The van der Waals surface area contributed by atoms with Gasteiger partial charge in [-0.3, -0.25) is 4.79 Å². The molecule has 0 fully saturated rings. The third kappa shape index (κ3) is 5.35. The fourth-order valence-electron chi connectivity index (χ4n) is 3.57. The summed E-state index contributed by atoms with van der Waals surface area (Å²) in [5.74, 6) is 2.73. The minimum atomic E-state index is -2.76. The molecule has 0 saturated heterocycles. The topological polar surface area (TPSA) is 81.7 Å². The largest absolute Gasteiger partial charge is 0.497 e. The molecule has 0 aliphatic rings. The molecule has 188 valence electrons. The van der Waals surface area contributed by atoms with E-state index in [0.717, 1.165) is 0 Å². The Balaban J connectivity index is 2.54. The standard InChI is InChI=1S/C26H30O8S/c1-17(27)34-35(24-11-18(28-2)8-19(12-24)29-3,25-13-20(30-4)9-21(14-25)31-5)26-15-22(32-6)10-23(16-26)33-7/h8-16H,1-7H3. The van der Waals surface area contributed by atoms with Crippen LogP contribution in [0.4, 0.5) is 0 Å². The van der Waals surface area contributed by atoms with Gasteiger partial charge >= 0.3 is 5.97 Å². The van der Waals surface area contributed by atoms with Crippen LogP contribution in [0.3, 0.4) is 0 Å². The second-order valence-electron chi connectivity index (χ2n) is 7.28. The van der Waals surface area contributed by atoms with E-state index < -0.39 is 16.3 Å². The summed E-state index contributed by atoms with van der Waals surface area (Å²) in [6.45, 7) is 1.37. The molecule has 0 aromatic heterocycles. The molecular weight excluding hydrogens is 472 g/mol. The molecule has 0 aliphatic carbocycles. The van der Waals surface area contributed by atoms with Crippen molar-refractivity contribution in [2.45, 2.75) is 21.6 Å². The smallest absolute Gasteiger partial charge is 0.313 e. The molecule has 3 rings (SSSR count). The van der Waals surface area contributed by atoms with Gasteiger partial charge in [0.25, 0.3) is 0 Å². The number of hydrogen-bond donors (Lipinski definition) is 0. The second-order valence-corrected chi connectivity index (χ2v) is 9.97. The Morgan fingerprint density at radius 3 is 0.886 bits per heavy atom. The molecule has 0 amide bonds. The minimum Gasteiger partial charge on any atom is -0.497 e. The summed E-state index contributed by atoms with van der Waals surface area (Å²) in [7, 11) is 6.60. The van der Waals surface area contributed by atoms with Crippen LogP contribution in [0.1, 0.15) is 6.92 Å². The van der Waals surface area contributed by atoms with Gasteiger partial charge in [-0.25, -0.2) is 0 Å². The van der Waals surface area contributed by atoms with Crippen LogP contribution in [0.15, 0.2) is 69.3 Å². The molecule has 0 saturated carbocycles. The van der Waals surface area contributed by atoms with Gasteiger partial charge in [0.2, 0.25) is 0 Å². The van der Waals surface area contributed by atoms with Crippen molar-refractivity contribution in [3.8, 4) is 34.5 Å². The molecule has 0 unspecified atom stereocenters. The van der Waals surface area contributed by atoms with Gasteiger partial charge < -0.3 is 32.6 Å². The van der Waals surface area contributed by atoms with Crippen LogP contribution >= 0.6 is 10.3 Å². The predicted octanol–water partition coefficient (Wildman–Crippen LogP) is 5.50. The quantitative estimate of drug-likeness (QED) is 0.360. The van der Waals surface area contributed by atoms with Gasteiger partial charge in [0.1, 0.15) is 34.5 Å². The number of benzene rings is 3. The normalized spacial score (nSPS) is 11.3. The summed E-state index contributed by atoms with van der Waals surface area (Å²) in [5, 5.41) is 0. The Kier molecular flexibility index (Phi) is 8.24. The molecule has 3 aromatic carbocycles. The first-order chi connectivity index (χ1) is 16.8. The van der Waals surface area contributed by atoms with Gasteiger partial charge in [-0.2, -0.15) is 0 Å². The predicted molar refractivity (Wildman–Crippen MR) is 133 cm³/mol. The van der Waals surface area contributed by atoms with Crippen LogP contribution in [-0.2, 0) is 8.98 Å². The average molecular weight is 503 g/mol. The number of ether oxygens (including phenoxy) is 6. The highest BCUT2D eigenvalue weighted by Crippen LogP contribution is 2.71. The van der Waals surface area contributed by atoms with E-state index in [1.54, 1.807) is 60.9 Å². The van der Waals surface area contributed by atoms with Gasteiger partial charge in [-0.1, -0.05) is 0 Å². The average Bonchev–Trinajstić information content (AvgIpc) is 2.90. The molecule has 0 radical (unpaired) electrons. The van der Waals surface area contributed by atoms with Crippen molar-refractivity contribution in [2.24, 2.45) is 0 Å². The molecule has 0 spiro atoms. The summed E-state index contributed by atoms with van der Waals surface area (Å²) in [6.07, 6.45) is 0. The highest BCUT2D eigenvalue weighted by Gasteiger charge is 2.38. The zero-order chi connectivity index (χ0) is 25.6. The summed E-state index contributed by atoms with van der Waals surface area (Å²) in [5.41, 5.74) is 0. The lowest BCUT2D eigenvalue weighted by Crippen LogP contribution is -2.12. The first-order valence-electron chi connectivity index (χ1n) is 10.6. The molecular formula is C26H30O8S. The van der Waals surface area contributed by atoms with E-state index in [1.165, 1.54) is 6.92 Å². The molecule has 0 bridgehead atoms. The van der Waals surface area contributed by atoms with Crippen molar-refractivity contribution in [2.75, 3.05) is 42.7 Å². The Morgan fingerprint density at radius 1 is 0.486 bits per heavy atom. The molecule has 8 nitrogen and oxygen atoms in total. The Hall–Kier alpha value is -3.72. The maximum absolute atomic E-state index is 12.7. The minimum absolute atomic E-state index is 0.481. The first-order valence-corrected chi connectivity index (χ1v) is 12.1. The van der Waals surface area contributed by atoms with Crippen LogP contribution in [0.2, 0.25) is 0 Å². The highest BCUT2D eigenvalue weighted by molar-refractivity contribution is 8.30. The molecule has 0 heterocycles. The van der Waals surface area contributed by atoms with Crippen molar-refractivity contribution in [1.29, 1.82) is 0 Å². The van der Waals surface area contributed by atoms with Crippen LogP contribution < -0.4 is 28.4 Å². The van der Waals surface area contributed by atoms with E-state index in [9.17, 15) is 4.79 Å². The van der Waals surface area contributed by atoms with Crippen molar-refractivity contribution in [1.82, 2.24) is 0 Å². The lowest BCUT2D eigenvalue weighted by Gasteiger charge is -2.40. The lowest BCUT2D eigenvalue weighted by molar-refractivity contribution is -0.131. The zero-order valence-electron chi connectivity index (χ0n) is 20.9. The Morgan fingerprint density at radius 2 is 0.714 bits per heavy atom. The third-order valence-corrected chi connectivity index (χ3v) is 8.40. The number of methoxy groups -OCH3 is 6. The van der Waals surface area contributed by atoms with Crippen molar-refractivity contribution in [3.63, 3.8) is 0 Å². The SMILES string of the molecule is COc1cc(OC)cc(S(OC(C)=O)(c2cc(OC)cc(OC)c2)c2cc(OC)cc(OC)c2)c1. The molecule has 0 atom stereocenters. The zero-order valence-corrected chi connectivity index (χ0v) is 21.7. The Bertz CT molecular complexity index is 993. The summed E-state index contributed by atoms with van der Waals surface area (Å²) >= 11 is 0. The lowest BCUT2D eigenvalue weighted by atomic mass is 10.3. The van der Waals surface area contributed by atoms with E-state index in [0.29, 0.717) is 49.2 Å². The fraction of sp³-hybridized carbons (Fsp3) is 0.269. The van der Waals surface area contributed by atoms with Crippen molar-refractivity contribution in [3.05, 3.63) is 54.6 Å².